The third-order valence-electron chi connectivity index (χ3n) is 4.25. The summed E-state index contributed by atoms with van der Waals surface area (Å²) in [5.41, 5.74) is 0.167. The number of ether oxygens (including phenoxy) is 1. The Balaban J connectivity index is 2.83. The Morgan fingerprint density at radius 3 is 2.78 bits per heavy atom. The first-order chi connectivity index (χ1) is 10.7. The van der Waals surface area contributed by atoms with Crippen molar-refractivity contribution in [2.45, 2.75) is 51.0 Å². The molecule has 6 heteroatoms. The van der Waals surface area contributed by atoms with Gasteiger partial charge in [-0.1, -0.05) is 12.7 Å². The second-order valence-corrected chi connectivity index (χ2v) is 6.25. The monoisotopic (exact) mass is 323 g/mol. The zero-order chi connectivity index (χ0) is 17.5. The molecule has 0 heterocycles. The lowest BCUT2D eigenvalue weighted by atomic mass is 9.82. The molecule has 1 aliphatic carbocycles. The number of nitrogens with one attached hydrogen (secondary N) is 1. The maximum absolute atomic E-state index is 11.2. The molecule has 0 saturated heterocycles. The van der Waals surface area contributed by atoms with Gasteiger partial charge in [-0.05, 0) is 56.9 Å². The number of aliphatic carboxylic acids is 1. The summed E-state index contributed by atoms with van der Waals surface area (Å²) in [5.74, 6) is -1.95. The number of allylic oxidation sites excluding steroid dienone is 1. The van der Waals surface area contributed by atoms with Gasteiger partial charge in [0, 0.05) is 5.57 Å². The van der Waals surface area contributed by atoms with E-state index in [0.717, 1.165) is 5.57 Å². The molecule has 23 heavy (non-hydrogen) atoms. The zero-order valence-electron chi connectivity index (χ0n) is 13.5. The maximum Gasteiger partial charge on any atom is 0.348 e. The van der Waals surface area contributed by atoms with Gasteiger partial charge in [0.2, 0.25) is 0 Å². The van der Waals surface area contributed by atoms with Crippen molar-refractivity contribution in [3.05, 3.63) is 23.8 Å². The highest BCUT2D eigenvalue weighted by atomic mass is 16.5. The first-order valence-electron chi connectivity index (χ1n) is 7.75. The number of carboxylic acids is 1. The van der Waals surface area contributed by atoms with E-state index in [9.17, 15) is 14.7 Å². The van der Waals surface area contributed by atoms with Crippen LogP contribution in [0.1, 0.15) is 45.4 Å². The Bertz CT molecular complexity index is 507. The number of carbonyl (C=O) groups excluding carboxylic acids is 1. The van der Waals surface area contributed by atoms with Crippen molar-refractivity contribution in [3.8, 4) is 0 Å². The van der Waals surface area contributed by atoms with Gasteiger partial charge in [0.25, 0.3) is 0 Å². The summed E-state index contributed by atoms with van der Waals surface area (Å²) in [7, 11) is 0. The van der Waals surface area contributed by atoms with Crippen LogP contribution in [0.25, 0.3) is 0 Å². The number of rotatable bonds is 5. The quantitative estimate of drug-likeness (QED) is 0.312. The van der Waals surface area contributed by atoms with Gasteiger partial charge in [-0.15, -0.1) is 0 Å². The largest absolute Gasteiger partial charge is 0.478 e. The molecule has 0 aromatic carbocycles. The van der Waals surface area contributed by atoms with Gasteiger partial charge in [0.15, 0.2) is 0 Å². The van der Waals surface area contributed by atoms with Crippen molar-refractivity contribution in [3.63, 3.8) is 0 Å². The van der Waals surface area contributed by atoms with E-state index in [4.69, 9.17) is 15.3 Å². The van der Waals surface area contributed by atoms with Crippen LogP contribution in [0, 0.1) is 11.3 Å². The van der Waals surface area contributed by atoms with E-state index in [1.165, 1.54) is 0 Å². The predicted molar refractivity (Wildman–Crippen MR) is 86.4 cm³/mol. The number of carboxylic acid groups (broad SMARTS) is 1. The fraction of sp³-hybridized carbons (Fsp3) is 0.588. The van der Waals surface area contributed by atoms with Crippen LogP contribution >= 0.6 is 0 Å². The number of esters is 1. The lowest BCUT2D eigenvalue weighted by Gasteiger charge is -2.27. The summed E-state index contributed by atoms with van der Waals surface area (Å²) in [4.78, 5) is 22.2. The molecule has 0 saturated carbocycles. The lowest BCUT2D eigenvalue weighted by molar-refractivity contribution is -0.134. The molecule has 0 spiro atoms. The molecule has 0 radical (unpaired) electrons. The first kappa shape index (κ1) is 19.1. The summed E-state index contributed by atoms with van der Waals surface area (Å²) in [6.45, 7) is 5.48. The highest BCUT2D eigenvalue weighted by Crippen LogP contribution is 2.30. The molecule has 0 fully saturated rings. The summed E-state index contributed by atoms with van der Waals surface area (Å²) >= 11 is 0. The first-order valence-corrected chi connectivity index (χ1v) is 7.75. The Morgan fingerprint density at radius 2 is 2.17 bits per heavy atom. The zero-order valence-corrected chi connectivity index (χ0v) is 13.5. The minimum Gasteiger partial charge on any atom is -0.478 e. The molecule has 0 aromatic heterocycles. The van der Waals surface area contributed by atoms with Gasteiger partial charge in [0.05, 0.1) is 5.60 Å². The second kappa shape index (κ2) is 8.62. The Morgan fingerprint density at radius 1 is 1.48 bits per heavy atom. The minimum atomic E-state index is -1.02. The average Bonchev–Trinajstić information content (AvgIpc) is 2.50. The molecule has 2 atom stereocenters. The Labute approximate surface area is 136 Å². The van der Waals surface area contributed by atoms with E-state index in [1.807, 2.05) is 6.08 Å². The standard InChI is InChI=1S/C17H25NO5/c1-12(16(20)21)14-6-5-13(11-23-15(19)10-18)4-3-8-17(2,22)9-7-14/h4,10,14,18,22H,1,3,5-9,11H2,2H3,(H,20,21)/b13-4+,18-10?/t14?,17-/m1/s1. The number of aliphatic hydroxyl groups is 1. The molecule has 0 amide bonds. The normalized spacial score (nSPS) is 28.1. The minimum absolute atomic E-state index is 0.0859. The van der Waals surface area contributed by atoms with E-state index in [0.29, 0.717) is 44.7 Å². The van der Waals surface area contributed by atoms with Crippen LogP contribution in [0.3, 0.4) is 0 Å². The maximum atomic E-state index is 11.2. The average molecular weight is 323 g/mol. The molecule has 3 N–H and O–H groups in total. The van der Waals surface area contributed by atoms with Gasteiger partial charge in [0.1, 0.15) is 12.8 Å². The van der Waals surface area contributed by atoms with Crippen molar-refractivity contribution in [1.29, 1.82) is 5.41 Å². The summed E-state index contributed by atoms with van der Waals surface area (Å²) in [6.07, 6.45) is 6.02. The van der Waals surface area contributed by atoms with Crippen molar-refractivity contribution >= 4 is 18.2 Å². The van der Waals surface area contributed by atoms with E-state index < -0.39 is 17.5 Å². The van der Waals surface area contributed by atoms with Crippen LogP contribution in [0.5, 0.6) is 0 Å². The fourth-order valence-electron chi connectivity index (χ4n) is 2.66. The van der Waals surface area contributed by atoms with Crippen molar-refractivity contribution < 1.29 is 24.5 Å². The summed E-state index contributed by atoms with van der Waals surface area (Å²) < 4.78 is 4.94. The SMILES string of the molecule is C=C(C(=O)O)C1CC/C(COC(=O)C=N)=C\CC[C@@](C)(O)CC1. The highest BCUT2D eigenvalue weighted by molar-refractivity contribution is 6.21. The smallest absolute Gasteiger partial charge is 0.348 e. The number of carbonyl (C=O) groups is 2. The third kappa shape index (κ3) is 6.78. The fourth-order valence-corrected chi connectivity index (χ4v) is 2.66. The molecular weight excluding hydrogens is 298 g/mol. The van der Waals surface area contributed by atoms with Gasteiger partial charge < -0.3 is 20.4 Å². The molecule has 1 rings (SSSR count). The number of hydrogen-bond acceptors (Lipinski definition) is 5. The van der Waals surface area contributed by atoms with Crippen LogP contribution in [0.2, 0.25) is 0 Å². The van der Waals surface area contributed by atoms with E-state index in [-0.39, 0.29) is 18.1 Å². The van der Waals surface area contributed by atoms with Gasteiger partial charge >= 0.3 is 11.9 Å². The second-order valence-electron chi connectivity index (χ2n) is 6.25. The van der Waals surface area contributed by atoms with Crippen LogP contribution < -0.4 is 0 Å². The van der Waals surface area contributed by atoms with Crippen LogP contribution in [-0.2, 0) is 14.3 Å². The van der Waals surface area contributed by atoms with Crippen molar-refractivity contribution in [2.24, 2.45) is 5.92 Å². The molecular formula is C17H25NO5. The third-order valence-corrected chi connectivity index (χ3v) is 4.25. The predicted octanol–water partition coefficient (Wildman–Crippen LogP) is 2.47. The number of hydrogen-bond donors (Lipinski definition) is 3. The van der Waals surface area contributed by atoms with Crippen LogP contribution in [0.15, 0.2) is 23.8 Å². The van der Waals surface area contributed by atoms with Crippen molar-refractivity contribution in [1.82, 2.24) is 0 Å². The molecule has 1 unspecified atom stereocenters. The van der Waals surface area contributed by atoms with E-state index in [1.54, 1.807) is 6.92 Å². The van der Waals surface area contributed by atoms with Gasteiger partial charge in [-0.25, -0.2) is 9.59 Å². The van der Waals surface area contributed by atoms with Crippen molar-refractivity contribution in [2.75, 3.05) is 6.61 Å². The van der Waals surface area contributed by atoms with Gasteiger partial charge in [-0.2, -0.15) is 0 Å². The molecule has 0 aromatic rings. The molecule has 6 nitrogen and oxygen atoms in total. The van der Waals surface area contributed by atoms with Crippen LogP contribution in [0.4, 0.5) is 0 Å². The Kier molecular flexibility index (Phi) is 7.16. The molecule has 0 bridgehead atoms. The van der Waals surface area contributed by atoms with E-state index in [2.05, 4.69) is 6.58 Å². The molecule has 128 valence electrons. The van der Waals surface area contributed by atoms with Gasteiger partial charge in [-0.3, -0.25) is 0 Å². The summed E-state index contributed by atoms with van der Waals surface area (Å²) in [6, 6.07) is 0. The van der Waals surface area contributed by atoms with E-state index >= 15 is 0 Å². The highest BCUT2D eigenvalue weighted by Gasteiger charge is 2.26. The van der Waals surface area contributed by atoms with Crippen LogP contribution in [-0.4, -0.2) is 40.6 Å². The lowest BCUT2D eigenvalue weighted by Crippen LogP contribution is -2.26. The topological polar surface area (TPSA) is 108 Å². The molecule has 0 aliphatic heterocycles. The molecule has 1 aliphatic rings. The summed E-state index contributed by atoms with van der Waals surface area (Å²) in [5, 5.41) is 26.3. The Hall–Kier alpha value is -1.95.